The van der Waals surface area contributed by atoms with Gasteiger partial charge in [0.15, 0.2) is 6.61 Å². The molecule has 1 amide bonds. The van der Waals surface area contributed by atoms with E-state index in [9.17, 15) is 13.6 Å². The first-order valence-corrected chi connectivity index (χ1v) is 7.92. The number of para-hydroxylation sites is 1. The Hall–Kier alpha value is -1.80. The minimum absolute atomic E-state index is 0.139. The lowest BCUT2D eigenvalue weighted by Gasteiger charge is -2.16. The summed E-state index contributed by atoms with van der Waals surface area (Å²) in [6, 6.07) is 8.93. The molecule has 1 heterocycles. The van der Waals surface area contributed by atoms with Gasteiger partial charge in [-0.15, -0.1) is 5.10 Å². The van der Waals surface area contributed by atoms with Crippen LogP contribution in [0, 0.1) is 0 Å². The minimum atomic E-state index is -3.59. The summed E-state index contributed by atoms with van der Waals surface area (Å²) in [5.74, 6) is -0.351. The molecule has 1 aromatic carbocycles. The summed E-state index contributed by atoms with van der Waals surface area (Å²) in [6.07, 6.45) is 0. The Kier molecular flexibility index (Phi) is 7.31. The topological polar surface area (TPSA) is 55.3 Å². The van der Waals surface area contributed by atoms with E-state index in [4.69, 9.17) is 16.3 Å². The number of hydrogen-bond acceptors (Lipinski definition) is 5. The zero-order chi connectivity index (χ0) is 17.5. The number of carbonyl (C=O) groups excluding carboxylic acids is 1. The maximum Gasteiger partial charge on any atom is 0.376 e. The van der Waals surface area contributed by atoms with Crippen LogP contribution in [-0.4, -0.2) is 29.8 Å². The van der Waals surface area contributed by atoms with Gasteiger partial charge in [-0.05, 0) is 23.7 Å². The third-order valence-corrected chi connectivity index (χ3v) is 3.68. The van der Waals surface area contributed by atoms with Crippen LogP contribution in [0.2, 0.25) is 0 Å². The van der Waals surface area contributed by atoms with E-state index in [0.29, 0.717) is 17.0 Å². The zero-order valence-corrected chi connectivity index (χ0v) is 14.4. The van der Waals surface area contributed by atoms with Gasteiger partial charge in [0.2, 0.25) is 5.01 Å². The second-order valence-electron chi connectivity index (χ2n) is 3.95. The monoisotopic (exact) mass is 363 g/mol. The summed E-state index contributed by atoms with van der Waals surface area (Å²) in [5.41, 5.74) is 0.691. The van der Waals surface area contributed by atoms with E-state index in [0.717, 1.165) is 0 Å². The molecule has 0 aliphatic carbocycles. The summed E-state index contributed by atoms with van der Waals surface area (Å²) < 4.78 is 30.6. The Morgan fingerprint density at radius 3 is 2.43 bits per heavy atom. The van der Waals surface area contributed by atoms with Crippen molar-refractivity contribution < 1.29 is 18.3 Å². The van der Waals surface area contributed by atoms with Crippen molar-refractivity contribution in [3.05, 3.63) is 35.3 Å². The highest BCUT2D eigenvalue weighted by molar-refractivity contribution is 7.13. The number of carbonyl (C=O) groups is 1. The number of alkyl halides is 3. The molecule has 2 aromatic rings. The molecule has 0 saturated heterocycles. The quantitative estimate of drug-likeness (QED) is 0.756. The van der Waals surface area contributed by atoms with E-state index < -0.39 is 10.4 Å². The number of nitrogens with zero attached hydrogens (tertiary/aromatic N) is 3. The van der Waals surface area contributed by atoms with Gasteiger partial charge < -0.3 is 9.64 Å². The third kappa shape index (κ3) is 5.72. The highest BCUT2D eigenvalue weighted by Gasteiger charge is 2.33. The second-order valence-corrected chi connectivity index (χ2v) is 5.36. The van der Waals surface area contributed by atoms with Gasteiger partial charge >= 0.3 is 5.38 Å². The fourth-order valence-electron chi connectivity index (χ4n) is 1.40. The number of benzene rings is 1. The lowest BCUT2D eigenvalue weighted by molar-refractivity contribution is -0.120. The van der Waals surface area contributed by atoms with Gasteiger partial charge in [-0.1, -0.05) is 48.5 Å². The molecule has 0 N–H and O–H groups in total. The Morgan fingerprint density at radius 2 is 1.91 bits per heavy atom. The smallest absolute Gasteiger partial charge is 0.376 e. The largest absolute Gasteiger partial charge is 0.459 e. The van der Waals surface area contributed by atoms with Crippen LogP contribution in [0.4, 0.5) is 14.5 Å². The highest BCUT2D eigenvalue weighted by Crippen LogP contribution is 2.36. The van der Waals surface area contributed by atoms with Crippen molar-refractivity contribution in [3.63, 3.8) is 0 Å². The molecule has 23 heavy (non-hydrogen) atoms. The van der Waals surface area contributed by atoms with Crippen LogP contribution in [0.25, 0.3) is 0 Å². The standard InChI is InChI=1S/C12H10ClF2N3O2S.C2H6/c1-18(8-5-3-2-4-6-8)9(19)7-20-11-17-16-10(21-11)12(13,14)15;1-2/h2-6H,7H2,1H3;1-2H3. The summed E-state index contributed by atoms with van der Waals surface area (Å²) in [5, 5.41) is 2.19. The molecule has 0 bridgehead atoms. The molecule has 0 aliphatic rings. The second kappa shape index (κ2) is 8.73. The molecular formula is C14H16ClF2N3O2S. The van der Waals surface area contributed by atoms with Crippen LogP contribution >= 0.6 is 22.9 Å². The van der Waals surface area contributed by atoms with Gasteiger partial charge in [0.05, 0.1) is 0 Å². The highest BCUT2D eigenvalue weighted by atomic mass is 35.5. The zero-order valence-electron chi connectivity index (χ0n) is 12.8. The van der Waals surface area contributed by atoms with Crippen molar-refractivity contribution in [1.82, 2.24) is 10.2 Å². The first-order valence-electron chi connectivity index (χ1n) is 6.73. The maximum absolute atomic E-state index is 12.8. The van der Waals surface area contributed by atoms with E-state index >= 15 is 0 Å². The molecule has 0 saturated carbocycles. The van der Waals surface area contributed by atoms with Crippen LogP contribution in [0.15, 0.2) is 30.3 Å². The Morgan fingerprint density at radius 1 is 1.30 bits per heavy atom. The molecule has 0 atom stereocenters. The van der Waals surface area contributed by atoms with Crippen LogP contribution in [0.1, 0.15) is 18.9 Å². The number of halogens is 3. The Bertz CT molecular complexity index is 620. The molecule has 0 unspecified atom stereocenters. The molecular weight excluding hydrogens is 348 g/mol. The van der Waals surface area contributed by atoms with Crippen molar-refractivity contribution in [3.8, 4) is 5.19 Å². The average molecular weight is 364 g/mol. The van der Waals surface area contributed by atoms with E-state index in [1.165, 1.54) is 4.90 Å². The maximum atomic E-state index is 12.8. The first-order chi connectivity index (χ1) is 10.9. The van der Waals surface area contributed by atoms with Gasteiger partial charge in [-0.25, -0.2) is 0 Å². The lowest BCUT2D eigenvalue weighted by Crippen LogP contribution is -2.31. The average Bonchev–Trinajstić information content (AvgIpc) is 3.04. The number of amides is 1. The van der Waals surface area contributed by atoms with Gasteiger partial charge in [0.25, 0.3) is 11.1 Å². The van der Waals surface area contributed by atoms with Crippen molar-refractivity contribution in [2.24, 2.45) is 0 Å². The lowest BCUT2D eigenvalue weighted by atomic mass is 10.3. The number of rotatable bonds is 5. The fourth-order valence-corrected chi connectivity index (χ4v) is 2.11. The van der Waals surface area contributed by atoms with Gasteiger partial charge in [0, 0.05) is 12.7 Å². The van der Waals surface area contributed by atoms with Crippen molar-refractivity contribution in [1.29, 1.82) is 0 Å². The number of likely N-dealkylation sites (N-methyl/N-ethyl adjacent to an activating group) is 1. The number of aromatic nitrogens is 2. The molecule has 5 nitrogen and oxygen atoms in total. The summed E-state index contributed by atoms with van der Waals surface area (Å²) in [6.45, 7) is 3.66. The molecule has 2 rings (SSSR count). The van der Waals surface area contributed by atoms with Crippen LogP contribution < -0.4 is 9.64 Å². The first kappa shape index (κ1) is 19.2. The fraction of sp³-hybridized carbons (Fsp3) is 0.357. The molecule has 0 radical (unpaired) electrons. The van der Waals surface area contributed by atoms with E-state index in [1.807, 2.05) is 19.9 Å². The number of ether oxygens (including phenoxy) is 1. The predicted molar refractivity (Wildman–Crippen MR) is 86.4 cm³/mol. The SMILES string of the molecule is CC.CN(C(=O)COc1nnc(C(F)(F)Cl)s1)c1ccccc1. The Labute approximate surface area is 141 Å². The molecule has 0 spiro atoms. The molecule has 126 valence electrons. The predicted octanol–water partition coefficient (Wildman–Crippen LogP) is 3.89. The van der Waals surface area contributed by atoms with E-state index in [-0.39, 0.29) is 17.7 Å². The van der Waals surface area contributed by atoms with Crippen molar-refractivity contribution in [2.75, 3.05) is 18.6 Å². The molecule has 9 heteroatoms. The third-order valence-electron chi connectivity index (χ3n) is 2.49. The summed E-state index contributed by atoms with van der Waals surface area (Å²) in [7, 11) is 1.58. The van der Waals surface area contributed by atoms with E-state index in [2.05, 4.69) is 10.2 Å². The molecule has 0 fully saturated rings. The molecule has 1 aromatic heterocycles. The van der Waals surface area contributed by atoms with E-state index in [1.54, 1.807) is 31.3 Å². The molecule has 0 aliphatic heterocycles. The summed E-state index contributed by atoms with van der Waals surface area (Å²) >= 11 is 5.30. The van der Waals surface area contributed by atoms with Crippen LogP contribution in [0.3, 0.4) is 0 Å². The van der Waals surface area contributed by atoms with Gasteiger partial charge in [-0.2, -0.15) is 8.78 Å². The van der Waals surface area contributed by atoms with Crippen molar-refractivity contribution in [2.45, 2.75) is 19.2 Å². The Balaban J connectivity index is 0.00000127. The normalized spacial score (nSPS) is 10.5. The number of anilines is 1. The van der Waals surface area contributed by atoms with Crippen LogP contribution in [0.5, 0.6) is 5.19 Å². The number of hydrogen-bond donors (Lipinski definition) is 0. The summed E-state index contributed by atoms with van der Waals surface area (Å²) in [4.78, 5) is 13.3. The minimum Gasteiger partial charge on any atom is -0.459 e. The van der Waals surface area contributed by atoms with Crippen molar-refractivity contribution >= 4 is 34.5 Å². The van der Waals surface area contributed by atoms with Gasteiger partial charge in [-0.3, -0.25) is 4.79 Å². The van der Waals surface area contributed by atoms with Gasteiger partial charge in [0.1, 0.15) is 0 Å². The van der Waals surface area contributed by atoms with Crippen LogP contribution in [-0.2, 0) is 10.2 Å².